The van der Waals surface area contributed by atoms with Gasteiger partial charge in [-0.1, -0.05) is 19.0 Å². The molecule has 0 fully saturated rings. The molecule has 1 atom stereocenters. The molecule has 0 bridgehead atoms. The van der Waals surface area contributed by atoms with Crippen molar-refractivity contribution < 1.29 is 19.2 Å². The van der Waals surface area contributed by atoms with E-state index < -0.39 is 17.9 Å². The van der Waals surface area contributed by atoms with E-state index in [1.54, 1.807) is 26.0 Å². The number of carboxylic acid groups (broad SMARTS) is 1. The maximum atomic E-state index is 12.5. The third kappa shape index (κ3) is 3.67. The first-order chi connectivity index (χ1) is 11.2. The molecule has 0 saturated heterocycles. The summed E-state index contributed by atoms with van der Waals surface area (Å²) in [7, 11) is 0. The molecule has 0 aliphatic rings. The van der Waals surface area contributed by atoms with Gasteiger partial charge >= 0.3 is 5.97 Å². The number of aromatic nitrogens is 2. The van der Waals surface area contributed by atoms with Gasteiger partial charge in [0.2, 0.25) is 0 Å². The minimum Gasteiger partial charge on any atom is -0.480 e. The molecular weight excluding hydrogens is 310 g/mol. The second-order valence-corrected chi connectivity index (χ2v) is 6.41. The molecule has 1 amide bonds. The average Bonchev–Trinajstić information content (AvgIpc) is 3.01. The van der Waals surface area contributed by atoms with E-state index in [0.717, 1.165) is 5.69 Å². The second kappa shape index (κ2) is 6.90. The molecule has 7 nitrogen and oxygen atoms in total. The lowest BCUT2D eigenvalue weighted by Gasteiger charge is -2.16. The van der Waals surface area contributed by atoms with Gasteiger partial charge < -0.3 is 14.9 Å². The Labute approximate surface area is 140 Å². The SMILES string of the molecule is Cc1cc(-n2c(C)cc(C(=O)N[C@@H](CC(C)C)C(=O)O)c2C)no1. The predicted octanol–water partition coefficient (Wildman–Crippen LogP) is 2.62. The van der Waals surface area contributed by atoms with Gasteiger partial charge in [0.15, 0.2) is 5.82 Å². The monoisotopic (exact) mass is 333 g/mol. The zero-order valence-electron chi connectivity index (χ0n) is 14.6. The Balaban J connectivity index is 2.29. The minimum atomic E-state index is -1.03. The van der Waals surface area contributed by atoms with Crippen LogP contribution >= 0.6 is 0 Å². The standard InChI is InChI=1S/C17H23N3O4/c1-9(2)6-14(17(22)23)18-16(21)13-7-10(3)20(12(13)5)15-8-11(4)24-19-15/h7-9,14H,6H2,1-5H3,(H,18,21)(H,22,23)/t14-/m0/s1. The summed E-state index contributed by atoms with van der Waals surface area (Å²) in [6.07, 6.45) is 0.377. The highest BCUT2D eigenvalue weighted by molar-refractivity contribution is 5.98. The van der Waals surface area contributed by atoms with Crippen molar-refractivity contribution in [1.29, 1.82) is 0 Å². The first-order valence-electron chi connectivity index (χ1n) is 7.87. The van der Waals surface area contributed by atoms with Gasteiger partial charge in [-0.2, -0.15) is 0 Å². The van der Waals surface area contributed by atoms with Gasteiger partial charge in [0.1, 0.15) is 11.8 Å². The minimum absolute atomic E-state index is 0.164. The smallest absolute Gasteiger partial charge is 0.326 e. The Kier molecular flexibility index (Phi) is 5.11. The number of nitrogens with zero attached hydrogens (tertiary/aromatic N) is 2. The quantitative estimate of drug-likeness (QED) is 0.847. The van der Waals surface area contributed by atoms with Crippen LogP contribution < -0.4 is 5.32 Å². The number of hydrogen-bond acceptors (Lipinski definition) is 4. The van der Waals surface area contributed by atoms with Crippen LogP contribution in [0, 0.1) is 26.7 Å². The van der Waals surface area contributed by atoms with Crippen LogP contribution in [-0.4, -0.2) is 32.7 Å². The number of aliphatic carboxylic acids is 1. The molecule has 0 radical (unpaired) electrons. The largest absolute Gasteiger partial charge is 0.480 e. The highest BCUT2D eigenvalue weighted by Gasteiger charge is 2.24. The molecule has 2 aromatic heterocycles. The van der Waals surface area contributed by atoms with Crippen molar-refractivity contribution in [2.75, 3.05) is 0 Å². The number of nitrogens with one attached hydrogen (secondary N) is 1. The summed E-state index contributed by atoms with van der Waals surface area (Å²) in [6, 6.07) is 2.60. The van der Waals surface area contributed by atoms with E-state index >= 15 is 0 Å². The van der Waals surface area contributed by atoms with Gasteiger partial charge in [0.05, 0.1) is 5.56 Å². The lowest BCUT2D eigenvalue weighted by Crippen LogP contribution is -2.41. The van der Waals surface area contributed by atoms with Gasteiger partial charge in [-0.3, -0.25) is 9.36 Å². The maximum Gasteiger partial charge on any atom is 0.326 e. The fourth-order valence-electron chi connectivity index (χ4n) is 2.73. The van der Waals surface area contributed by atoms with Crippen molar-refractivity contribution in [3.8, 4) is 5.82 Å². The number of carboxylic acids is 1. The number of rotatable bonds is 6. The van der Waals surface area contributed by atoms with E-state index in [-0.39, 0.29) is 5.92 Å². The molecule has 2 rings (SSSR count). The molecule has 0 unspecified atom stereocenters. The molecule has 0 spiro atoms. The van der Waals surface area contributed by atoms with Gasteiger partial charge in [-0.15, -0.1) is 0 Å². The Morgan fingerprint density at radius 2 is 1.96 bits per heavy atom. The van der Waals surface area contributed by atoms with Crippen LogP contribution in [0.4, 0.5) is 0 Å². The summed E-state index contributed by atoms with van der Waals surface area (Å²) in [5.74, 6) is 0.00225. The summed E-state index contributed by atoms with van der Waals surface area (Å²) in [4.78, 5) is 23.9. The highest BCUT2D eigenvalue weighted by Crippen LogP contribution is 2.21. The lowest BCUT2D eigenvalue weighted by atomic mass is 10.0. The Morgan fingerprint density at radius 3 is 2.46 bits per heavy atom. The van der Waals surface area contributed by atoms with Crippen molar-refractivity contribution in [2.24, 2.45) is 5.92 Å². The fraction of sp³-hybridized carbons (Fsp3) is 0.471. The van der Waals surface area contributed by atoms with E-state index in [1.165, 1.54) is 0 Å². The fourth-order valence-corrected chi connectivity index (χ4v) is 2.73. The van der Waals surface area contributed by atoms with Crippen LogP contribution in [0.3, 0.4) is 0 Å². The number of carbonyl (C=O) groups is 2. The topological polar surface area (TPSA) is 97.4 Å². The predicted molar refractivity (Wildman–Crippen MR) is 88.4 cm³/mol. The van der Waals surface area contributed by atoms with E-state index in [4.69, 9.17) is 4.52 Å². The zero-order valence-corrected chi connectivity index (χ0v) is 14.6. The molecule has 2 heterocycles. The third-order valence-electron chi connectivity index (χ3n) is 3.83. The molecule has 0 aliphatic heterocycles. The molecule has 0 aromatic carbocycles. The van der Waals surface area contributed by atoms with E-state index in [9.17, 15) is 14.7 Å². The lowest BCUT2D eigenvalue weighted by molar-refractivity contribution is -0.139. The van der Waals surface area contributed by atoms with Crippen LogP contribution in [0.5, 0.6) is 0 Å². The van der Waals surface area contributed by atoms with Crippen LogP contribution in [0.2, 0.25) is 0 Å². The Morgan fingerprint density at radius 1 is 1.29 bits per heavy atom. The first-order valence-corrected chi connectivity index (χ1v) is 7.87. The van der Waals surface area contributed by atoms with Gasteiger partial charge in [0, 0.05) is 17.5 Å². The normalized spacial score (nSPS) is 12.4. The molecule has 0 saturated carbocycles. The summed E-state index contributed by atoms with van der Waals surface area (Å²) in [5.41, 5.74) is 1.94. The van der Waals surface area contributed by atoms with Gasteiger partial charge in [0.25, 0.3) is 5.91 Å². The summed E-state index contributed by atoms with van der Waals surface area (Å²) < 4.78 is 6.90. The van der Waals surface area contributed by atoms with Crippen LogP contribution in [0.1, 0.15) is 47.8 Å². The van der Waals surface area contributed by atoms with E-state index in [1.807, 2.05) is 25.3 Å². The van der Waals surface area contributed by atoms with Crippen LogP contribution in [0.15, 0.2) is 16.7 Å². The second-order valence-electron chi connectivity index (χ2n) is 6.41. The third-order valence-corrected chi connectivity index (χ3v) is 3.83. The number of aryl methyl sites for hydroxylation is 2. The van der Waals surface area contributed by atoms with Crippen molar-refractivity contribution in [1.82, 2.24) is 15.0 Å². The summed E-state index contributed by atoms with van der Waals surface area (Å²) in [5, 5.41) is 15.9. The molecule has 2 N–H and O–H groups in total. The first kappa shape index (κ1) is 17.8. The maximum absolute atomic E-state index is 12.5. The number of hydrogen-bond donors (Lipinski definition) is 2. The van der Waals surface area contributed by atoms with E-state index in [0.29, 0.717) is 29.3 Å². The van der Waals surface area contributed by atoms with Crippen LogP contribution in [-0.2, 0) is 4.79 Å². The molecule has 7 heteroatoms. The van der Waals surface area contributed by atoms with Gasteiger partial charge in [-0.05, 0) is 39.2 Å². The zero-order chi connectivity index (χ0) is 18.0. The molecule has 130 valence electrons. The van der Waals surface area contributed by atoms with Crippen molar-refractivity contribution in [3.05, 3.63) is 34.8 Å². The van der Waals surface area contributed by atoms with Crippen LogP contribution in [0.25, 0.3) is 5.82 Å². The molecule has 2 aromatic rings. The summed E-state index contributed by atoms with van der Waals surface area (Å²) >= 11 is 0. The molecule has 24 heavy (non-hydrogen) atoms. The molecule has 0 aliphatic carbocycles. The Bertz CT molecular complexity index is 758. The Hall–Kier alpha value is -2.57. The van der Waals surface area contributed by atoms with Crippen molar-refractivity contribution >= 4 is 11.9 Å². The van der Waals surface area contributed by atoms with Crippen molar-refractivity contribution in [2.45, 2.75) is 47.1 Å². The van der Waals surface area contributed by atoms with Crippen molar-refractivity contribution in [3.63, 3.8) is 0 Å². The highest BCUT2D eigenvalue weighted by atomic mass is 16.5. The number of amides is 1. The summed E-state index contributed by atoms with van der Waals surface area (Å²) in [6.45, 7) is 9.28. The molecular formula is C17H23N3O4. The average molecular weight is 333 g/mol. The number of carbonyl (C=O) groups excluding carboxylic acids is 1. The van der Waals surface area contributed by atoms with Gasteiger partial charge in [-0.25, -0.2) is 4.79 Å². The van der Waals surface area contributed by atoms with E-state index in [2.05, 4.69) is 10.5 Å².